The second kappa shape index (κ2) is 6.95. The minimum Gasteiger partial charge on any atom is -0.211 e. The van der Waals surface area contributed by atoms with E-state index in [1.165, 1.54) is 19.3 Å². The number of isocyanates is 2. The highest BCUT2D eigenvalue weighted by Gasteiger charge is 2.25. The van der Waals surface area contributed by atoms with Crippen LogP contribution in [0.25, 0.3) is 0 Å². The van der Waals surface area contributed by atoms with Crippen LogP contribution in [0.2, 0.25) is 0 Å². The van der Waals surface area contributed by atoms with Gasteiger partial charge in [0.15, 0.2) is 0 Å². The Bertz CT molecular complexity index is 564. The molecule has 0 N–H and O–H groups in total. The lowest BCUT2D eigenvalue weighted by Crippen LogP contribution is -2.14. The van der Waals surface area contributed by atoms with Gasteiger partial charge in [-0.05, 0) is 42.9 Å². The fourth-order valence-electron chi connectivity index (χ4n) is 2.94. The quantitative estimate of drug-likeness (QED) is 0.615. The zero-order valence-electron chi connectivity index (χ0n) is 11.6. The van der Waals surface area contributed by atoms with Crippen LogP contribution in [0.1, 0.15) is 49.3 Å². The van der Waals surface area contributed by atoms with E-state index in [1.54, 1.807) is 12.2 Å². The molecule has 1 fully saturated rings. The summed E-state index contributed by atoms with van der Waals surface area (Å²) in [4.78, 5) is 28.9. The highest BCUT2D eigenvalue weighted by molar-refractivity contribution is 5.55. The van der Waals surface area contributed by atoms with Crippen molar-refractivity contribution in [3.63, 3.8) is 0 Å². The SMILES string of the molecule is Cc1ccc(C(N=C=O)C2CCCCC2)cc1N=C=O. The molecular formula is C16H18N2O2. The lowest BCUT2D eigenvalue weighted by atomic mass is 9.81. The summed E-state index contributed by atoms with van der Waals surface area (Å²) >= 11 is 0. The van der Waals surface area contributed by atoms with E-state index in [0.29, 0.717) is 11.6 Å². The van der Waals surface area contributed by atoms with E-state index in [2.05, 4.69) is 9.98 Å². The van der Waals surface area contributed by atoms with Crippen molar-refractivity contribution >= 4 is 17.8 Å². The molecule has 0 radical (unpaired) electrons. The number of nitrogens with zero attached hydrogens (tertiary/aromatic N) is 2. The van der Waals surface area contributed by atoms with Gasteiger partial charge >= 0.3 is 0 Å². The molecule has 0 spiro atoms. The molecule has 20 heavy (non-hydrogen) atoms. The maximum absolute atomic E-state index is 10.7. The van der Waals surface area contributed by atoms with E-state index in [-0.39, 0.29) is 6.04 Å². The molecule has 0 saturated heterocycles. The first-order chi connectivity index (χ1) is 9.76. The maximum atomic E-state index is 10.7. The maximum Gasteiger partial charge on any atom is 0.240 e. The smallest absolute Gasteiger partial charge is 0.211 e. The molecule has 0 amide bonds. The van der Waals surface area contributed by atoms with Gasteiger partial charge in [-0.15, -0.1) is 0 Å². The lowest BCUT2D eigenvalue weighted by molar-refractivity contribution is 0.309. The normalized spacial score (nSPS) is 16.9. The largest absolute Gasteiger partial charge is 0.240 e. The zero-order valence-corrected chi connectivity index (χ0v) is 11.6. The molecule has 1 unspecified atom stereocenters. The molecule has 1 aromatic rings. The van der Waals surface area contributed by atoms with E-state index in [4.69, 9.17) is 0 Å². The van der Waals surface area contributed by atoms with E-state index in [1.807, 2.05) is 25.1 Å². The molecule has 1 aliphatic rings. The summed E-state index contributed by atoms with van der Waals surface area (Å²) in [6, 6.07) is 5.52. The highest BCUT2D eigenvalue weighted by Crippen LogP contribution is 2.38. The summed E-state index contributed by atoms with van der Waals surface area (Å²) in [6.45, 7) is 1.89. The van der Waals surface area contributed by atoms with E-state index >= 15 is 0 Å². The predicted molar refractivity (Wildman–Crippen MR) is 76.4 cm³/mol. The van der Waals surface area contributed by atoms with Crippen LogP contribution in [0.15, 0.2) is 28.2 Å². The van der Waals surface area contributed by atoms with Crippen LogP contribution in [0.4, 0.5) is 5.69 Å². The topological polar surface area (TPSA) is 58.9 Å². The minimum atomic E-state index is -0.172. The van der Waals surface area contributed by atoms with Gasteiger partial charge in [0.25, 0.3) is 0 Å². The Labute approximate surface area is 118 Å². The summed E-state index contributed by atoms with van der Waals surface area (Å²) in [6.07, 6.45) is 9.04. The number of benzene rings is 1. The van der Waals surface area contributed by atoms with Crippen LogP contribution < -0.4 is 0 Å². The molecule has 1 aliphatic carbocycles. The van der Waals surface area contributed by atoms with Crippen LogP contribution in [0, 0.1) is 12.8 Å². The average Bonchev–Trinajstić information content (AvgIpc) is 2.48. The molecule has 104 valence electrons. The Morgan fingerprint density at radius 2 is 1.90 bits per heavy atom. The first-order valence-corrected chi connectivity index (χ1v) is 7.01. The molecule has 1 atom stereocenters. The fraction of sp³-hybridized carbons (Fsp3) is 0.500. The molecule has 2 rings (SSSR count). The Morgan fingerprint density at radius 3 is 2.55 bits per heavy atom. The van der Waals surface area contributed by atoms with Crippen LogP contribution >= 0.6 is 0 Å². The highest BCUT2D eigenvalue weighted by atomic mass is 16.1. The third-order valence-electron chi connectivity index (χ3n) is 4.03. The van der Waals surface area contributed by atoms with Gasteiger partial charge in [0.2, 0.25) is 12.2 Å². The van der Waals surface area contributed by atoms with Crippen molar-refractivity contribution in [2.45, 2.75) is 45.1 Å². The molecule has 1 saturated carbocycles. The Morgan fingerprint density at radius 1 is 1.15 bits per heavy atom. The van der Waals surface area contributed by atoms with Gasteiger partial charge in [0.05, 0.1) is 11.7 Å². The second-order valence-electron chi connectivity index (χ2n) is 5.31. The predicted octanol–water partition coefficient (Wildman–Crippen LogP) is 3.92. The Hall–Kier alpha value is -2.02. The van der Waals surface area contributed by atoms with Crippen LogP contribution in [0.3, 0.4) is 0 Å². The van der Waals surface area contributed by atoms with Crippen molar-refractivity contribution in [2.24, 2.45) is 15.9 Å². The number of hydrogen-bond donors (Lipinski definition) is 0. The van der Waals surface area contributed by atoms with E-state index in [0.717, 1.165) is 24.0 Å². The number of hydrogen-bond acceptors (Lipinski definition) is 4. The van der Waals surface area contributed by atoms with Crippen molar-refractivity contribution in [1.29, 1.82) is 0 Å². The van der Waals surface area contributed by atoms with Gasteiger partial charge in [0.1, 0.15) is 0 Å². The van der Waals surface area contributed by atoms with Gasteiger partial charge in [0, 0.05) is 0 Å². The van der Waals surface area contributed by atoms with E-state index < -0.39 is 0 Å². The summed E-state index contributed by atoms with van der Waals surface area (Å²) in [5.74, 6) is 0.376. The summed E-state index contributed by atoms with van der Waals surface area (Å²) in [5, 5.41) is 0. The van der Waals surface area contributed by atoms with Gasteiger partial charge in [-0.25, -0.2) is 9.59 Å². The molecule has 0 heterocycles. The van der Waals surface area contributed by atoms with Gasteiger partial charge < -0.3 is 0 Å². The summed E-state index contributed by atoms with van der Waals surface area (Å²) in [5.41, 5.74) is 2.44. The third kappa shape index (κ3) is 3.30. The monoisotopic (exact) mass is 270 g/mol. The number of aryl methyl sites for hydroxylation is 1. The van der Waals surface area contributed by atoms with Crippen LogP contribution in [0.5, 0.6) is 0 Å². The molecular weight excluding hydrogens is 252 g/mol. The standard InChI is InChI=1S/C16H18N2O2/c1-12-7-8-14(9-15(12)17-10-19)16(18-11-20)13-5-3-2-4-6-13/h7-9,13,16H,2-6H2,1H3. The van der Waals surface area contributed by atoms with Crippen molar-refractivity contribution in [2.75, 3.05) is 0 Å². The van der Waals surface area contributed by atoms with Gasteiger partial charge in [-0.3, -0.25) is 0 Å². The molecule has 0 aliphatic heterocycles. The van der Waals surface area contributed by atoms with Crippen LogP contribution in [-0.4, -0.2) is 12.2 Å². The second-order valence-corrected chi connectivity index (χ2v) is 5.31. The molecule has 0 bridgehead atoms. The first-order valence-electron chi connectivity index (χ1n) is 7.01. The molecule has 4 heteroatoms. The van der Waals surface area contributed by atoms with Gasteiger partial charge in [-0.1, -0.05) is 31.4 Å². The van der Waals surface area contributed by atoms with E-state index in [9.17, 15) is 9.59 Å². The average molecular weight is 270 g/mol. The molecule has 0 aromatic heterocycles. The van der Waals surface area contributed by atoms with Crippen molar-refractivity contribution in [3.8, 4) is 0 Å². The Balaban J connectivity index is 2.35. The van der Waals surface area contributed by atoms with Crippen molar-refractivity contribution < 1.29 is 9.59 Å². The molecule has 4 nitrogen and oxygen atoms in total. The number of aliphatic imine (C=N–C) groups is 2. The van der Waals surface area contributed by atoms with Crippen molar-refractivity contribution in [3.05, 3.63) is 29.3 Å². The summed E-state index contributed by atoms with van der Waals surface area (Å²) < 4.78 is 0. The fourth-order valence-corrected chi connectivity index (χ4v) is 2.94. The summed E-state index contributed by atoms with van der Waals surface area (Å²) in [7, 11) is 0. The lowest BCUT2D eigenvalue weighted by Gasteiger charge is -2.27. The first kappa shape index (κ1) is 14.4. The number of rotatable bonds is 4. The number of carbonyl (C=O) groups excluding carboxylic acids is 2. The Kier molecular flexibility index (Phi) is 5.00. The zero-order chi connectivity index (χ0) is 14.4. The van der Waals surface area contributed by atoms with Gasteiger partial charge in [-0.2, -0.15) is 9.98 Å². The van der Waals surface area contributed by atoms with Crippen LogP contribution in [-0.2, 0) is 9.59 Å². The third-order valence-corrected chi connectivity index (χ3v) is 4.03. The van der Waals surface area contributed by atoms with Crippen molar-refractivity contribution in [1.82, 2.24) is 0 Å². The molecule has 1 aromatic carbocycles. The minimum absolute atomic E-state index is 0.172.